The Bertz CT molecular complexity index is 1610. The van der Waals surface area contributed by atoms with Crippen molar-refractivity contribution in [1.82, 2.24) is 0 Å². The van der Waals surface area contributed by atoms with Crippen molar-refractivity contribution in [1.29, 1.82) is 0 Å². The van der Waals surface area contributed by atoms with Crippen LogP contribution in [0.3, 0.4) is 0 Å². The van der Waals surface area contributed by atoms with Crippen LogP contribution in [0.4, 0.5) is 0 Å². The normalized spacial score (nSPS) is 18.3. The highest BCUT2D eigenvalue weighted by Gasteiger charge is 2.29. The SMILES string of the molecule is CCCCC/C=C\C/C=C\C/C=C\C/C=C\CCCCCC(=O)OC[C@H](COP(=O)(O)OC[C@@H](O)COP(=O)(O)O)OC(=O)CCC/C=C\C[C@H]1C=CC(=O)[C@@H]1/C=C/[C@@H](O)CCCCC. The van der Waals surface area contributed by atoms with E-state index in [1.54, 1.807) is 18.2 Å². The molecular weight excluding hydrogens is 878 g/mol. The van der Waals surface area contributed by atoms with Crippen molar-refractivity contribution in [3.8, 4) is 0 Å². The topological polar surface area (TPSA) is 233 Å². The van der Waals surface area contributed by atoms with Crippen LogP contribution in [-0.2, 0) is 46.6 Å². The number of carbonyl (C=O) groups is 3. The minimum absolute atomic E-state index is 0.00383. The smallest absolute Gasteiger partial charge is 0.462 e. The third-order valence-electron chi connectivity index (χ3n) is 9.99. The number of carbonyl (C=O) groups excluding carboxylic acids is 3. The minimum atomic E-state index is -4.90. The first-order valence-electron chi connectivity index (χ1n) is 23.3. The maximum Gasteiger partial charge on any atom is 0.472 e. The lowest BCUT2D eigenvalue weighted by atomic mass is 9.90. The number of phosphoric acid groups is 2. The molecule has 1 rings (SSSR count). The van der Waals surface area contributed by atoms with Crippen LogP contribution in [0.15, 0.2) is 85.1 Å². The quantitative estimate of drug-likeness (QED) is 0.0166. The number of ether oxygens (including phenoxy) is 2. The van der Waals surface area contributed by atoms with Crippen LogP contribution >= 0.6 is 15.6 Å². The second-order valence-corrected chi connectivity index (χ2v) is 18.7. The Morgan fingerprint density at radius 1 is 0.662 bits per heavy atom. The van der Waals surface area contributed by atoms with E-state index in [4.69, 9.17) is 23.8 Å². The first-order valence-corrected chi connectivity index (χ1v) is 26.4. The number of allylic oxidation sites excluding steroid dienone is 13. The van der Waals surface area contributed by atoms with Gasteiger partial charge in [0.2, 0.25) is 0 Å². The highest BCUT2D eigenvalue weighted by atomic mass is 31.2. The molecule has 0 spiro atoms. The molecule has 0 heterocycles. The summed E-state index contributed by atoms with van der Waals surface area (Å²) in [7, 11) is -9.78. The molecule has 0 saturated carbocycles. The zero-order chi connectivity index (χ0) is 48.0. The van der Waals surface area contributed by atoms with E-state index < -0.39 is 72.3 Å². The van der Waals surface area contributed by atoms with E-state index in [-0.39, 0.29) is 30.5 Å². The fourth-order valence-electron chi connectivity index (χ4n) is 6.32. The summed E-state index contributed by atoms with van der Waals surface area (Å²) < 4.78 is 47.8. The van der Waals surface area contributed by atoms with Crippen LogP contribution in [-0.4, -0.2) is 87.4 Å². The second kappa shape index (κ2) is 38.0. The predicted molar refractivity (Wildman–Crippen MR) is 252 cm³/mol. The summed E-state index contributed by atoms with van der Waals surface area (Å²) in [5, 5.41) is 20.0. The first kappa shape index (κ1) is 59.9. The Balaban J connectivity index is 2.54. The van der Waals surface area contributed by atoms with Gasteiger partial charge in [0.1, 0.15) is 12.7 Å². The Labute approximate surface area is 387 Å². The summed E-state index contributed by atoms with van der Waals surface area (Å²) in [4.78, 5) is 65.4. The van der Waals surface area contributed by atoms with Gasteiger partial charge in [0, 0.05) is 18.8 Å². The average Bonchev–Trinajstić information content (AvgIpc) is 3.62. The number of phosphoric ester groups is 2. The Kier molecular flexibility index (Phi) is 35.0. The molecule has 0 aliphatic heterocycles. The standard InChI is InChI=1S/C48H78O15P2/c1-3-5-7-8-9-10-11-12-13-14-15-16-17-18-19-20-21-22-27-31-47(52)59-39-44(40-62-65(57,58)61-38-43(50)37-60-64(54,55)56)63-48(53)32-28-24-23-26-29-41-33-36-46(51)45(41)35-34-42(49)30-25-6-4-2/h9-10,12-13,15-16,18-19,23,26,33-36,41-45,49-50H,3-8,11,14,17,20-22,24-25,27-32,37-40H2,1-2H3,(H,57,58)(H2,54,55,56)/b10-9-,13-12-,16-15-,19-18-,26-23-,35-34+/t41-,42-,43-,44+,45+/m0/s1. The molecule has 0 aromatic rings. The minimum Gasteiger partial charge on any atom is -0.462 e. The molecule has 0 bridgehead atoms. The molecule has 0 saturated heterocycles. The molecule has 0 aromatic carbocycles. The molecule has 0 fully saturated rings. The molecule has 370 valence electrons. The van der Waals surface area contributed by atoms with Crippen molar-refractivity contribution in [3.63, 3.8) is 0 Å². The van der Waals surface area contributed by atoms with Gasteiger partial charge < -0.3 is 34.4 Å². The summed E-state index contributed by atoms with van der Waals surface area (Å²) in [6, 6.07) is 0. The van der Waals surface area contributed by atoms with E-state index in [0.29, 0.717) is 32.1 Å². The maximum absolute atomic E-state index is 12.8. The second-order valence-electron chi connectivity index (χ2n) is 16.0. The predicted octanol–water partition coefficient (Wildman–Crippen LogP) is 9.96. The van der Waals surface area contributed by atoms with Crippen LogP contribution in [0.5, 0.6) is 0 Å². The van der Waals surface area contributed by atoms with Crippen molar-refractivity contribution >= 4 is 33.4 Å². The van der Waals surface area contributed by atoms with Crippen molar-refractivity contribution in [2.24, 2.45) is 11.8 Å². The molecule has 15 nitrogen and oxygen atoms in total. The van der Waals surface area contributed by atoms with Gasteiger partial charge in [-0.25, -0.2) is 9.13 Å². The molecule has 65 heavy (non-hydrogen) atoms. The number of rotatable bonds is 40. The Hall–Kier alpha value is -3.07. The fourth-order valence-corrected chi connectivity index (χ4v) is 7.48. The van der Waals surface area contributed by atoms with E-state index in [9.17, 15) is 38.6 Å². The molecule has 1 aliphatic carbocycles. The summed E-state index contributed by atoms with van der Waals surface area (Å²) in [6.45, 7) is 1.36. The lowest BCUT2D eigenvalue weighted by Crippen LogP contribution is -2.29. The van der Waals surface area contributed by atoms with E-state index in [2.05, 4.69) is 71.5 Å². The highest BCUT2D eigenvalue weighted by molar-refractivity contribution is 7.47. The molecule has 0 aromatic heterocycles. The number of aliphatic hydroxyl groups excluding tert-OH is 2. The van der Waals surface area contributed by atoms with Gasteiger partial charge in [-0.05, 0) is 89.0 Å². The summed E-state index contributed by atoms with van der Waals surface area (Å²) in [6.07, 6.45) is 40.6. The lowest BCUT2D eigenvalue weighted by Gasteiger charge is -2.20. The molecule has 0 radical (unpaired) electrons. The molecule has 5 N–H and O–H groups in total. The van der Waals surface area contributed by atoms with Crippen molar-refractivity contribution in [2.75, 3.05) is 26.4 Å². The molecule has 6 atom stereocenters. The number of hydrogen-bond acceptors (Lipinski definition) is 12. The Morgan fingerprint density at radius 3 is 1.86 bits per heavy atom. The van der Waals surface area contributed by atoms with Crippen LogP contribution in [0.1, 0.15) is 142 Å². The number of hydrogen-bond donors (Lipinski definition) is 5. The largest absolute Gasteiger partial charge is 0.472 e. The summed E-state index contributed by atoms with van der Waals surface area (Å²) >= 11 is 0. The van der Waals surface area contributed by atoms with Crippen LogP contribution in [0, 0.1) is 11.8 Å². The maximum atomic E-state index is 12.8. The van der Waals surface area contributed by atoms with Crippen LogP contribution < -0.4 is 0 Å². The number of unbranched alkanes of at least 4 members (excludes halogenated alkanes) is 9. The average molecular weight is 957 g/mol. The molecule has 17 heteroatoms. The van der Waals surface area contributed by atoms with E-state index in [1.165, 1.54) is 19.3 Å². The first-order chi connectivity index (χ1) is 31.2. The van der Waals surface area contributed by atoms with Gasteiger partial charge in [-0.15, -0.1) is 0 Å². The number of aliphatic hydroxyl groups is 2. The van der Waals surface area contributed by atoms with E-state index in [1.807, 2.05) is 18.2 Å². The van der Waals surface area contributed by atoms with Crippen molar-refractivity contribution < 1.29 is 71.5 Å². The van der Waals surface area contributed by atoms with Gasteiger partial charge >= 0.3 is 27.6 Å². The summed E-state index contributed by atoms with van der Waals surface area (Å²) in [5.74, 6) is -1.60. The Morgan fingerprint density at radius 2 is 1.22 bits per heavy atom. The van der Waals surface area contributed by atoms with E-state index >= 15 is 0 Å². The molecule has 0 amide bonds. The van der Waals surface area contributed by atoms with Gasteiger partial charge in [-0.1, -0.05) is 131 Å². The van der Waals surface area contributed by atoms with Gasteiger partial charge in [-0.2, -0.15) is 0 Å². The third-order valence-corrected chi connectivity index (χ3v) is 11.4. The molecule has 1 aliphatic rings. The molecule has 1 unspecified atom stereocenters. The summed E-state index contributed by atoms with van der Waals surface area (Å²) in [5.41, 5.74) is 0. The number of esters is 2. The zero-order valence-electron chi connectivity index (χ0n) is 38.7. The lowest BCUT2D eigenvalue weighted by molar-refractivity contribution is -0.161. The highest BCUT2D eigenvalue weighted by Crippen LogP contribution is 2.44. The monoisotopic (exact) mass is 956 g/mol. The van der Waals surface area contributed by atoms with Crippen LogP contribution in [0.25, 0.3) is 0 Å². The third kappa shape index (κ3) is 35.8. The van der Waals surface area contributed by atoms with Crippen molar-refractivity contribution in [2.45, 2.75) is 161 Å². The molecular formula is C48H78O15P2. The number of ketones is 1. The van der Waals surface area contributed by atoms with E-state index in [0.717, 1.165) is 64.2 Å². The van der Waals surface area contributed by atoms with Gasteiger partial charge in [0.15, 0.2) is 11.9 Å². The zero-order valence-corrected chi connectivity index (χ0v) is 40.4. The fraction of sp³-hybridized carbons (Fsp3) is 0.646. The van der Waals surface area contributed by atoms with Gasteiger partial charge in [0.05, 0.1) is 25.9 Å². The van der Waals surface area contributed by atoms with Crippen molar-refractivity contribution in [3.05, 3.63) is 85.1 Å². The van der Waals surface area contributed by atoms with Crippen LogP contribution in [0.2, 0.25) is 0 Å². The van der Waals surface area contributed by atoms with Gasteiger partial charge in [0.25, 0.3) is 0 Å². The van der Waals surface area contributed by atoms with Gasteiger partial charge in [-0.3, -0.25) is 28.0 Å².